The average Bonchev–Trinajstić information content (AvgIpc) is 2.69. The molecule has 0 aromatic rings. The predicted octanol–water partition coefficient (Wildman–Crippen LogP) is -3.80. The van der Waals surface area contributed by atoms with E-state index in [-0.39, 0.29) is 0 Å². The molecule has 2 rings (SSSR count). The molecule has 0 unspecified atom stereocenters. The Labute approximate surface area is 104 Å². The van der Waals surface area contributed by atoms with Crippen molar-refractivity contribution in [3.8, 4) is 0 Å². The lowest BCUT2D eigenvalue weighted by Gasteiger charge is -2.21. The molecule has 1 saturated carbocycles. The minimum Gasteiger partial charge on any atom is -0.294 e. The summed E-state index contributed by atoms with van der Waals surface area (Å²) in [6, 6.07) is 0. The van der Waals surface area contributed by atoms with E-state index in [2.05, 4.69) is 16.5 Å². The van der Waals surface area contributed by atoms with Crippen molar-refractivity contribution in [2.24, 2.45) is 0 Å². The monoisotopic (exact) mass is 266 g/mol. The average molecular weight is 267 g/mol. The van der Waals surface area contributed by atoms with Crippen molar-refractivity contribution in [1.29, 1.82) is 0 Å². The van der Waals surface area contributed by atoms with Crippen molar-refractivity contribution in [2.45, 2.75) is 25.7 Å². The highest BCUT2D eigenvalue weighted by Gasteiger charge is 2.22. The van der Waals surface area contributed by atoms with Crippen molar-refractivity contribution >= 4 is 5.71 Å². The Balaban J connectivity index is 0.000000249. The number of rotatable bonds is 0. The third kappa shape index (κ3) is 6.92. The molecule has 0 aromatic carbocycles. The fraction of sp³-hybridized carbons (Fsp3) is 0.900. The molecule has 2 aliphatic rings. The molecule has 2 fully saturated rings. The van der Waals surface area contributed by atoms with Gasteiger partial charge in [-0.25, -0.2) is 23.2 Å². The maximum Gasteiger partial charge on any atom is 0.155 e. The van der Waals surface area contributed by atoms with E-state index >= 15 is 0 Å². The summed E-state index contributed by atoms with van der Waals surface area (Å²) in [6.07, 6.45) is 5.62. The van der Waals surface area contributed by atoms with Gasteiger partial charge in [0.05, 0.1) is 13.1 Å². The maximum atomic E-state index is 8.49. The first-order chi connectivity index (χ1) is 7.86. The summed E-state index contributed by atoms with van der Waals surface area (Å²) in [5, 5.41) is 0. The van der Waals surface area contributed by atoms with E-state index < -0.39 is 10.2 Å². The molecular weight excluding hydrogens is 248 g/mol. The van der Waals surface area contributed by atoms with E-state index in [1.54, 1.807) is 5.71 Å². The fourth-order valence-corrected chi connectivity index (χ4v) is 2.22. The Kier molecular flexibility index (Phi) is 5.78. The molecule has 1 aliphatic heterocycles. The topological polar surface area (TPSA) is 98.5 Å². The SMILES string of the molecule is CN1CC[N+](=C2CCCC2)CC1.[O-][Cl+3]([O-])([O-])[O-]. The molecule has 0 N–H and O–H groups in total. The molecule has 6 nitrogen and oxygen atoms in total. The second kappa shape index (κ2) is 6.63. The highest BCUT2D eigenvalue weighted by molar-refractivity contribution is 5.81. The molecule has 1 heterocycles. The summed E-state index contributed by atoms with van der Waals surface area (Å²) in [5.74, 6) is 0. The van der Waals surface area contributed by atoms with Gasteiger partial charge in [-0.05, 0) is 19.9 Å². The highest BCUT2D eigenvalue weighted by atomic mass is 35.7. The van der Waals surface area contributed by atoms with Gasteiger partial charge in [-0.15, -0.1) is 10.2 Å². The second-order valence-corrected chi connectivity index (χ2v) is 5.20. The second-order valence-electron chi connectivity index (χ2n) is 4.44. The lowest BCUT2D eigenvalue weighted by atomic mass is 10.2. The van der Waals surface area contributed by atoms with Crippen LogP contribution in [-0.4, -0.2) is 48.4 Å². The molecule has 7 heteroatoms. The highest BCUT2D eigenvalue weighted by Crippen LogP contribution is 2.15. The van der Waals surface area contributed by atoms with Crippen molar-refractivity contribution < 1.29 is 33.5 Å². The zero-order chi connectivity index (χ0) is 12.9. The predicted molar refractivity (Wildman–Crippen MR) is 51.0 cm³/mol. The number of halogens is 1. The Morgan fingerprint density at radius 1 is 1.00 bits per heavy atom. The Morgan fingerprint density at radius 2 is 1.41 bits per heavy atom. The summed E-state index contributed by atoms with van der Waals surface area (Å²) < 4.78 is 36.6. The summed E-state index contributed by atoms with van der Waals surface area (Å²) in [5.41, 5.74) is 1.74. The van der Waals surface area contributed by atoms with Gasteiger partial charge < -0.3 is 0 Å². The van der Waals surface area contributed by atoms with Crippen LogP contribution in [0.1, 0.15) is 25.7 Å². The minimum absolute atomic E-state index is 1.25. The minimum atomic E-state index is -4.94. The van der Waals surface area contributed by atoms with Crippen LogP contribution >= 0.6 is 0 Å². The van der Waals surface area contributed by atoms with Crippen LogP contribution in [0, 0.1) is 10.2 Å². The van der Waals surface area contributed by atoms with Gasteiger partial charge in [-0.3, -0.25) is 4.90 Å². The van der Waals surface area contributed by atoms with E-state index in [1.165, 1.54) is 51.9 Å². The van der Waals surface area contributed by atoms with E-state index in [0.717, 1.165) is 0 Å². The van der Waals surface area contributed by atoms with Gasteiger partial charge in [0.1, 0.15) is 0 Å². The largest absolute Gasteiger partial charge is 0.294 e. The Hall–Kier alpha value is -0.240. The van der Waals surface area contributed by atoms with Crippen LogP contribution in [0.15, 0.2) is 0 Å². The first-order valence-corrected chi connectivity index (χ1v) is 6.99. The lowest BCUT2D eigenvalue weighted by molar-refractivity contribution is -2.00. The van der Waals surface area contributed by atoms with Gasteiger partial charge in [0.25, 0.3) is 0 Å². The number of piperazine rings is 1. The smallest absolute Gasteiger partial charge is 0.155 e. The van der Waals surface area contributed by atoms with Crippen LogP contribution in [0.4, 0.5) is 0 Å². The molecule has 0 atom stereocenters. The molecular formula is C10H19ClN2O4. The van der Waals surface area contributed by atoms with Crippen LogP contribution in [0.5, 0.6) is 0 Å². The third-order valence-electron chi connectivity index (χ3n) is 3.13. The van der Waals surface area contributed by atoms with Gasteiger partial charge in [-0.2, -0.15) is 0 Å². The summed E-state index contributed by atoms with van der Waals surface area (Å²) in [7, 11) is -2.73. The normalized spacial score (nSPS) is 22.4. The molecule has 1 aliphatic carbocycles. The third-order valence-corrected chi connectivity index (χ3v) is 3.13. The zero-order valence-corrected chi connectivity index (χ0v) is 10.8. The van der Waals surface area contributed by atoms with Crippen molar-refractivity contribution in [1.82, 2.24) is 4.90 Å². The molecule has 100 valence electrons. The zero-order valence-electron chi connectivity index (χ0n) is 10.1. The van der Waals surface area contributed by atoms with Gasteiger partial charge in [0, 0.05) is 12.8 Å². The summed E-state index contributed by atoms with van der Waals surface area (Å²) in [4.78, 5) is 2.42. The standard InChI is InChI=1S/C10H19N2.ClHO4/c1-11-6-8-12(9-7-11)10-4-2-3-5-10;2-1(3,4)5/h2-9H2,1H3;(H,2,3,4,5)/q+1;/p-1. The van der Waals surface area contributed by atoms with Crippen molar-refractivity contribution in [2.75, 3.05) is 33.2 Å². The quantitative estimate of drug-likeness (QED) is 0.419. The summed E-state index contributed by atoms with van der Waals surface area (Å²) >= 11 is 0. The molecule has 1 saturated heterocycles. The van der Waals surface area contributed by atoms with E-state index in [1.807, 2.05) is 0 Å². The van der Waals surface area contributed by atoms with Crippen LogP contribution < -0.4 is 18.6 Å². The number of nitrogens with zero attached hydrogens (tertiary/aromatic N) is 2. The van der Waals surface area contributed by atoms with Crippen LogP contribution in [0.25, 0.3) is 0 Å². The lowest BCUT2D eigenvalue weighted by Crippen LogP contribution is -2.68. The first kappa shape index (κ1) is 14.8. The van der Waals surface area contributed by atoms with E-state index in [4.69, 9.17) is 18.6 Å². The Morgan fingerprint density at radius 3 is 1.82 bits per heavy atom. The van der Waals surface area contributed by atoms with Gasteiger partial charge in [0.15, 0.2) is 18.8 Å². The van der Waals surface area contributed by atoms with E-state index in [0.29, 0.717) is 0 Å². The Bertz CT molecular complexity index is 254. The van der Waals surface area contributed by atoms with Crippen molar-refractivity contribution in [3.63, 3.8) is 0 Å². The van der Waals surface area contributed by atoms with E-state index in [9.17, 15) is 0 Å². The molecule has 0 bridgehead atoms. The molecule has 0 spiro atoms. The number of hydrogen-bond acceptors (Lipinski definition) is 5. The maximum absolute atomic E-state index is 8.49. The molecule has 17 heavy (non-hydrogen) atoms. The van der Waals surface area contributed by atoms with Crippen molar-refractivity contribution in [3.05, 3.63) is 0 Å². The van der Waals surface area contributed by atoms with Crippen LogP contribution in [0.3, 0.4) is 0 Å². The van der Waals surface area contributed by atoms with Crippen LogP contribution in [0.2, 0.25) is 0 Å². The first-order valence-electron chi connectivity index (χ1n) is 5.76. The van der Waals surface area contributed by atoms with Gasteiger partial charge in [0.2, 0.25) is 0 Å². The van der Waals surface area contributed by atoms with Crippen LogP contribution in [-0.2, 0) is 0 Å². The molecule has 0 aromatic heterocycles. The summed E-state index contributed by atoms with van der Waals surface area (Å²) in [6.45, 7) is 5.05. The molecule has 0 radical (unpaired) electrons. The van der Waals surface area contributed by atoms with Gasteiger partial charge >= 0.3 is 0 Å². The fourth-order valence-electron chi connectivity index (χ4n) is 2.22. The van der Waals surface area contributed by atoms with Gasteiger partial charge in [-0.1, -0.05) is 0 Å². The molecule has 0 amide bonds. The number of hydrogen-bond donors (Lipinski definition) is 0. The number of likely N-dealkylation sites (N-methyl/N-ethyl adjacent to an activating group) is 1.